The van der Waals surface area contributed by atoms with E-state index in [1.807, 2.05) is 25.4 Å². The van der Waals surface area contributed by atoms with E-state index in [0.29, 0.717) is 12.4 Å². The van der Waals surface area contributed by atoms with Crippen LogP contribution in [-0.4, -0.2) is 55.7 Å². The van der Waals surface area contributed by atoms with Crippen molar-refractivity contribution in [1.82, 2.24) is 30.0 Å². The lowest BCUT2D eigenvalue weighted by Gasteiger charge is -2.34. The van der Waals surface area contributed by atoms with Crippen molar-refractivity contribution in [2.24, 2.45) is 7.05 Å². The van der Waals surface area contributed by atoms with E-state index < -0.39 is 19.0 Å². The minimum atomic E-state index is -2.55. The minimum Gasteiger partial charge on any atom is -0.332 e. The van der Waals surface area contributed by atoms with Crippen molar-refractivity contribution in [1.29, 1.82) is 0 Å². The van der Waals surface area contributed by atoms with Gasteiger partial charge in [-0.3, -0.25) is 4.68 Å². The maximum Gasteiger partial charge on any atom is 0.318 e. The molecule has 2 bridgehead atoms. The average Bonchev–Trinajstić information content (AvgIpc) is 3.19. The number of rotatable bonds is 5. The zero-order valence-electron chi connectivity index (χ0n) is 15.3. The van der Waals surface area contributed by atoms with Crippen molar-refractivity contribution in [3.63, 3.8) is 0 Å². The maximum atomic E-state index is 12.4. The largest absolute Gasteiger partial charge is 0.332 e. The summed E-state index contributed by atoms with van der Waals surface area (Å²) in [5.74, 6) is 0.468. The number of nitrogens with one attached hydrogen (secondary N) is 2. The van der Waals surface area contributed by atoms with Crippen LogP contribution in [-0.2, 0) is 7.05 Å². The van der Waals surface area contributed by atoms with Crippen LogP contribution in [0.15, 0.2) is 30.7 Å². The molecule has 1 fully saturated rings. The highest BCUT2D eigenvalue weighted by Crippen LogP contribution is 2.38. The molecule has 4 rings (SSSR count). The van der Waals surface area contributed by atoms with E-state index in [0.717, 1.165) is 29.8 Å². The zero-order chi connectivity index (χ0) is 19.7. The van der Waals surface area contributed by atoms with Gasteiger partial charge in [0, 0.05) is 25.5 Å². The van der Waals surface area contributed by atoms with Gasteiger partial charge in [0.25, 0.3) is 6.43 Å². The number of urea groups is 1. The number of hydrogen-bond donors (Lipinski definition) is 2. The summed E-state index contributed by atoms with van der Waals surface area (Å²) in [7, 11) is 1.83. The molecular weight excluding hydrogens is 368 g/mol. The second-order valence-electron chi connectivity index (χ2n) is 6.97. The monoisotopic (exact) mass is 389 g/mol. The average molecular weight is 389 g/mol. The van der Waals surface area contributed by atoms with Crippen LogP contribution in [0, 0.1) is 0 Å². The number of anilines is 2. The Morgan fingerprint density at radius 3 is 2.96 bits per heavy atom. The van der Waals surface area contributed by atoms with Gasteiger partial charge in [0.1, 0.15) is 0 Å². The molecule has 2 aromatic rings. The molecule has 2 aromatic heterocycles. The SMILES string of the molecule is Cn1cc(Nc2nccc(C3=CC4CCC(C3)N4C(=O)NCC(F)F)n2)cn1. The smallest absolute Gasteiger partial charge is 0.318 e. The van der Waals surface area contributed by atoms with Crippen LogP contribution in [0.4, 0.5) is 25.2 Å². The predicted octanol–water partition coefficient (Wildman–Crippen LogP) is 2.55. The summed E-state index contributed by atoms with van der Waals surface area (Å²) in [5, 5.41) is 9.53. The Kier molecular flexibility index (Phi) is 4.93. The van der Waals surface area contributed by atoms with E-state index in [1.165, 1.54) is 0 Å². The summed E-state index contributed by atoms with van der Waals surface area (Å²) in [6, 6.07) is 1.31. The summed E-state index contributed by atoms with van der Waals surface area (Å²) in [6.45, 7) is -0.624. The maximum absolute atomic E-state index is 12.4. The molecule has 148 valence electrons. The van der Waals surface area contributed by atoms with Crippen molar-refractivity contribution in [2.45, 2.75) is 37.8 Å². The molecule has 0 saturated carbocycles. The van der Waals surface area contributed by atoms with Crippen LogP contribution in [0.1, 0.15) is 25.0 Å². The Labute approximate surface area is 160 Å². The van der Waals surface area contributed by atoms with Crippen molar-refractivity contribution >= 4 is 23.2 Å². The van der Waals surface area contributed by atoms with Gasteiger partial charge in [-0.05, 0) is 30.9 Å². The van der Waals surface area contributed by atoms with Crippen LogP contribution >= 0.6 is 0 Å². The Morgan fingerprint density at radius 2 is 2.25 bits per heavy atom. The van der Waals surface area contributed by atoms with Gasteiger partial charge in [0.2, 0.25) is 5.95 Å². The lowest BCUT2D eigenvalue weighted by Crippen LogP contribution is -2.49. The summed E-state index contributed by atoms with van der Waals surface area (Å²) < 4.78 is 26.4. The predicted molar refractivity (Wildman–Crippen MR) is 99.2 cm³/mol. The molecule has 1 saturated heterocycles. The highest BCUT2D eigenvalue weighted by molar-refractivity contribution is 5.78. The zero-order valence-corrected chi connectivity index (χ0v) is 15.3. The molecule has 2 amide bonds. The van der Waals surface area contributed by atoms with E-state index in [9.17, 15) is 13.6 Å². The summed E-state index contributed by atoms with van der Waals surface area (Å²) in [6.07, 6.45) is 6.97. The minimum absolute atomic E-state index is 0.00706. The number of aryl methyl sites for hydroxylation is 1. The molecule has 0 aliphatic carbocycles. The van der Waals surface area contributed by atoms with Gasteiger partial charge in [0.05, 0.1) is 30.2 Å². The molecule has 28 heavy (non-hydrogen) atoms. The molecule has 0 aromatic carbocycles. The van der Waals surface area contributed by atoms with Crippen LogP contribution in [0.5, 0.6) is 0 Å². The van der Waals surface area contributed by atoms with Crippen molar-refractivity contribution in [2.75, 3.05) is 11.9 Å². The molecule has 2 N–H and O–H groups in total. The highest BCUT2D eigenvalue weighted by Gasteiger charge is 2.40. The number of aromatic nitrogens is 4. The normalized spacial score (nSPS) is 21.0. The standard InChI is InChI=1S/C18H21F2N7O/c1-26-10-12(8-23-26)24-17-21-5-4-15(25-17)11-6-13-2-3-14(7-11)27(13)18(28)22-9-16(19)20/h4-6,8,10,13-14,16H,2-3,7,9H2,1H3,(H,22,28)(H,21,24,25). The van der Waals surface area contributed by atoms with Gasteiger partial charge in [0.15, 0.2) is 0 Å². The van der Waals surface area contributed by atoms with E-state index in [1.54, 1.807) is 22.0 Å². The number of halogens is 2. The van der Waals surface area contributed by atoms with Crippen molar-refractivity contribution in [3.05, 3.63) is 36.4 Å². The highest BCUT2D eigenvalue weighted by atomic mass is 19.3. The fourth-order valence-corrected chi connectivity index (χ4v) is 3.81. The Morgan fingerprint density at radius 1 is 1.39 bits per heavy atom. The molecule has 10 heteroatoms. The van der Waals surface area contributed by atoms with E-state index in [-0.39, 0.29) is 12.1 Å². The third-order valence-electron chi connectivity index (χ3n) is 4.98. The summed E-state index contributed by atoms with van der Waals surface area (Å²) in [5.41, 5.74) is 2.63. The van der Waals surface area contributed by atoms with Gasteiger partial charge in [-0.15, -0.1) is 0 Å². The second kappa shape index (κ2) is 7.53. The molecule has 2 unspecified atom stereocenters. The number of hydrogen-bond acceptors (Lipinski definition) is 5. The van der Waals surface area contributed by atoms with Crippen LogP contribution < -0.4 is 10.6 Å². The molecule has 2 aliphatic heterocycles. The lowest BCUT2D eigenvalue weighted by molar-refractivity contribution is 0.135. The molecular formula is C18H21F2N7O. The molecule has 4 heterocycles. The fraction of sp³-hybridized carbons (Fsp3) is 0.444. The van der Waals surface area contributed by atoms with Gasteiger partial charge in [-0.2, -0.15) is 5.10 Å². The van der Waals surface area contributed by atoms with Crippen LogP contribution in [0.2, 0.25) is 0 Å². The molecule has 0 spiro atoms. The molecule has 2 aliphatic rings. The van der Waals surface area contributed by atoms with E-state index >= 15 is 0 Å². The Hall–Kier alpha value is -3.04. The number of alkyl halides is 2. The molecule has 2 atom stereocenters. The third-order valence-corrected chi connectivity index (χ3v) is 4.98. The summed E-state index contributed by atoms with van der Waals surface area (Å²) >= 11 is 0. The summed E-state index contributed by atoms with van der Waals surface area (Å²) in [4.78, 5) is 22.8. The first-order valence-corrected chi connectivity index (χ1v) is 9.13. The number of fused-ring (bicyclic) bond motifs is 2. The van der Waals surface area contributed by atoms with Crippen LogP contribution in [0.3, 0.4) is 0 Å². The molecule has 8 nitrogen and oxygen atoms in total. The topological polar surface area (TPSA) is 88.0 Å². The van der Waals surface area contributed by atoms with Gasteiger partial charge in [-0.25, -0.2) is 23.5 Å². The van der Waals surface area contributed by atoms with E-state index in [4.69, 9.17) is 0 Å². The quantitative estimate of drug-likeness (QED) is 0.821. The van der Waals surface area contributed by atoms with Crippen LogP contribution in [0.25, 0.3) is 5.57 Å². The first-order valence-electron chi connectivity index (χ1n) is 9.13. The van der Waals surface area contributed by atoms with Gasteiger partial charge < -0.3 is 15.5 Å². The van der Waals surface area contributed by atoms with Crippen molar-refractivity contribution in [3.8, 4) is 0 Å². The van der Waals surface area contributed by atoms with Crippen molar-refractivity contribution < 1.29 is 13.6 Å². The second-order valence-corrected chi connectivity index (χ2v) is 6.97. The fourth-order valence-electron chi connectivity index (χ4n) is 3.81. The number of amides is 2. The molecule has 0 radical (unpaired) electrons. The van der Waals surface area contributed by atoms with Gasteiger partial charge >= 0.3 is 6.03 Å². The third kappa shape index (κ3) is 3.80. The number of carbonyl (C=O) groups excluding carboxylic acids is 1. The Bertz CT molecular complexity index is 898. The van der Waals surface area contributed by atoms with E-state index in [2.05, 4.69) is 25.7 Å². The Balaban J connectivity index is 1.49. The first-order chi connectivity index (χ1) is 13.5. The lowest BCUT2D eigenvalue weighted by atomic mass is 9.98. The first kappa shape index (κ1) is 18.3. The number of carbonyl (C=O) groups is 1. The number of nitrogens with zero attached hydrogens (tertiary/aromatic N) is 5. The van der Waals surface area contributed by atoms with Gasteiger partial charge in [-0.1, -0.05) is 6.08 Å².